The van der Waals surface area contributed by atoms with Crippen molar-refractivity contribution in [2.75, 3.05) is 20.8 Å². The summed E-state index contributed by atoms with van der Waals surface area (Å²) in [6.07, 6.45) is 0. The highest BCUT2D eigenvalue weighted by molar-refractivity contribution is 6.07. The summed E-state index contributed by atoms with van der Waals surface area (Å²) in [4.78, 5) is 35.9. The summed E-state index contributed by atoms with van der Waals surface area (Å²) in [5, 5.41) is 2.14. The molecule has 0 saturated heterocycles. The molecule has 0 heterocycles. The SMILES string of the molecule is COc1ccccc1C(=O)NC(=O)COC(=O)c1ccccc1OC. The number of para-hydroxylation sites is 2. The van der Waals surface area contributed by atoms with Crippen molar-refractivity contribution in [3.8, 4) is 11.5 Å². The molecular weight excluding hydrogens is 326 g/mol. The lowest BCUT2D eigenvalue weighted by Gasteiger charge is -2.10. The quantitative estimate of drug-likeness (QED) is 0.805. The largest absolute Gasteiger partial charge is 0.496 e. The van der Waals surface area contributed by atoms with Crippen molar-refractivity contribution in [2.45, 2.75) is 0 Å². The Labute approximate surface area is 144 Å². The second-order valence-electron chi connectivity index (χ2n) is 4.85. The van der Waals surface area contributed by atoms with Crippen LogP contribution in [-0.4, -0.2) is 38.6 Å². The number of carbonyl (C=O) groups is 3. The Bertz CT molecular complexity index is 787. The van der Waals surface area contributed by atoms with Crippen LogP contribution in [0.4, 0.5) is 0 Å². The number of ether oxygens (including phenoxy) is 3. The molecule has 0 unspecified atom stereocenters. The maximum absolute atomic E-state index is 12.1. The maximum atomic E-state index is 12.1. The molecule has 2 aromatic rings. The van der Waals surface area contributed by atoms with Gasteiger partial charge in [-0.15, -0.1) is 0 Å². The number of amides is 2. The number of methoxy groups -OCH3 is 2. The molecule has 2 rings (SSSR count). The fraction of sp³-hybridized carbons (Fsp3) is 0.167. The van der Waals surface area contributed by atoms with E-state index in [0.717, 1.165) is 0 Å². The number of imide groups is 1. The molecule has 1 N–H and O–H groups in total. The summed E-state index contributed by atoms with van der Waals surface area (Å²) in [6, 6.07) is 12.9. The topological polar surface area (TPSA) is 90.9 Å². The smallest absolute Gasteiger partial charge is 0.342 e. The van der Waals surface area contributed by atoms with Crippen molar-refractivity contribution in [2.24, 2.45) is 0 Å². The zero-order chi connectivity index (χ0) is 18.2. The Morgan fingerprint density at radius 1 is 0.840 bits per heavy atom. The van der Waals surface area contributed by atoms with E-state index in [4.69, 9.17) is 14.2 Å². The van der Waals surface area contributed by atoms with Gasteiger partial charge in [-0.2, -0.15) is 0 Å². The van der Waals surface area contributed by atoms with Crippen molar-refractivity contribution in [1.82, 2.24) is 5.32 Å². The van der Waals surface area contributed by atoms with Crippen LogP contribution < -0.4 is 14.8 Å². The van der Waals surface area contributed by atoms with Gasteiger partial charge in [0.05, 0.1) is 19.8 Å². The van der Waals surface area contributed by atoms with Crippen LogP contribution >= 0.6 is 0 Å². The van der Waals surface area contributed by atoms with Crippen LogP contribution in [0.15, 0.2) is 48.5 Å². The third-order valence-corrected chi connectivity index (χ3v) is 3.27. The van der Waals surface area contributed by atoms with Crippen LogP contribution in [0.1, 0.15) is 20.7 Å². The van der Waals surface area contributed by atoms with Crippen molar-refractivity contribution in [1.29, 1.82) is 0 Å². The number of rotatable bonds is 6. The first-order valence-electron chi connectivity index (χ1n) is 7.34. The van der Waals surface area contributed by atoms with E-state index in [9.17, 15) is 14.4 Å². The molecule has 130 valence electrons. The van der Waals surface area contributed by atoms with Gasteiger partial charge in [-0.1, -0.05) is 24.3 Å². The minimum Gasteiger partial charge on any atom is -0.496 e. The van der Waals surface area contributed by atoms with Crippen molar-refractivity contribution in [3.63, 3.8) is 0 Å². The first-order chi connectivity index (χ1) is 12.1. The second kappa shape index (κ2) is 8.49. The van der Waals surface area contributed by atoms with Crippen LogP contribution in [0.2, 0.25) is 0 Å². The number of nitrogens with one attached hydrogen (secondary N) is 1. The number of benzene rings is 2. The molecule has 0 spiro atoms. The molecule has 0 aliphatic heterocycles. The van der Waals surface area contributed by atoms with Gasteiger partial charge in [-0.25, -0.2) is 4.79 Å². The van der Waals surface area contributed by atoms with Crippen LogP contribution in [-0.2, 0) is 9.53 Å². The van der Waals surface area contributed by atoms with Crippen molar-refractivity contribution in [3.05, 3.63) is 59.7 Å². The van der Waals surface area contributed by atoms with Gasteiger partial charge in [0.2, 0.25) is 0 Å². The van der Waals surface area contributed by atoms with E-state index < -0.39 is 24.4 Å². The van der Waals surface area contributed by atoms with Crippen LogP contribution in [0.25, 0.3) is 0 Å². The molecule has 25 heavy (non-hydrogen) atoms. The highest BCUT2D eigenvalue weighted by Gasteiger charge is 2.18. The van der Waals surface area contributed by atoms with Gasteiger partial charge in [0.25, 0.3) is 11.8 Å². The van der Waals surface area contributed by atoms with Gasteiger partial charge in [0.1, 0.15) is 17.1 Å². The Morgan fingerprint density at radius 2 is 1.36 bits per heavy atom. The van der Waals surface area contributed by atoms with Crippen LogP contribution in [0.5, 0.6) is 11.5 Å². The molecule has 2 aromatic carbocycles. The molecule has 0 bridgehead atoms. The third kappa shape index (κ3) is 4.57. The van der Waals surface area contributed by atoms with Crippen molar-refractivity contribution < 1.29 is 28.6 Å². The minimum atomic E-state index is -0.751. The standard InChI is InChI=1S/C18H17NO6/c1-23-14-9-5-3-7-12(14)17(21)19-16(20)11-25-18(22)13-8-4-6-10-15(13)24-2/h3-10H,11H2,1-2H3,(H,19,20,21). The number of esters is 1. The first kappa shape index (κ1) is 18.0. The zero-order valence-electron chi connectivity index (χ0n) is 13.8. The fourth-order valence-electron chi connectivity index (χ4n) is 2.08. The third-order valence-electron chi connectivity index (χ3n) is 3.27. The number of carbonyl (C=O) groups excluding carboxylic acids is 3. The lowest BCUT2D eigenvalue weighted by Crippen LogP contribution is -2.34. The molecule has 0 fully saturated rings. The minimum absolute atomic E-state index is 0.189. The van der Waals surface area contributed by atoms with Crippen LogP contribution in [0.3, 0.4) is 0 Å². The molecule has 0 aliphatic carbocycles. The normalized spacial score (nSPS) is 9.84. The first-order valence-corrected chi connectivity index (χ1v) is 7.34. The summed E-state index contributed by atoms with van der Waals surface area (Å²) in [6.45, 7) is -0.599. The van der Waals surface area contributed by atoms with Gasteiger partial charge in [-0.3, -0.25) is 14.9 Å². The fourth-order valence-corrected chi connectivity index (χ4v) is 2.08. The van der Waals surface area contributed by atoms with E-state index in [2.05, 4.69) is 5.32 Å². The Hall–Kier alpha value is -3.35. The Balaban J connectivity index is 1.94. The summed E-state index contributed by atoms with van der Waals surface area (Å²) in [7, 11) is 2.84. The summed E-state index contributed by atoms with van der Waals surface area (Å²) in [5.41, 5.74) is 0.392. The molecule has 0 aliphatic rings. The number of hydrogen-bond donors (Lipinski definition) is 1. The summed E-state index contributed by atoms with van der Waals surface area (Å²) < 4.78 is 15.0. The van der Waals surface area contributed by atoms with Gasteiger partial charge in [-0.05, 0) is 24.3 Å². The van der Waals surface area contributed by atoms with Gasteiger partial charge < -0.3 is 14.2 Å². The summed E-state index contributed by atoms with van der Waals surface area (Å²) >= 11 is 0. The lowest BCUT2D eigenvalue weighted by atomic mass is 10.2. The van der Waals surface area contributed by atoms with Gasteiger partial charge in [0, 0.05) is 0 Å². The maximum Gasteiger partial charge on any atom is 0.342 e. The van der Waals surface area contributed by atoms with Gasteiger partial charge in [0.15, 0.2) is 6.61 Å². The molecular formula is C18H17NO6. The average molecular weight is 343 g/mol. The zero-order valence-corrected chi connectivity index (χ0v) is 13.8. The molecule has 0 aromatic heterocycles. The second-order valence-corrected chi connectivity index (χ2v) is 4.85. The van der Waals surface area contributed by atoms with E-state index in [0.29, 0.717) is 11.5 Å². The Kier molecular flexibility index (Phi) is 6.11. The van der Waals surface area contributed by atoms with Gasteiger partial charge >= 0.3 is 5.97 Å². The monoisotopic (exact) mass is 343 g/mol. The highest BCUT2D eigenvalue weighted by atomic mass is 16.5. The van der Waals surface area contributed by atoms with Crippen LogP contribution in [0, 0.1) is 0 Å². The molecule has 0 atom stereocenters. The van der Waals surface area contributed by atoms with E-state index >= 15 is 0 Å². The predicted octanol–water partition coefficient (Wildman–Crippen LogP) is 1.82. The van der Waals surface area contributed by atoms with Crippen molar-refractivity contribution >= 4 is 17.8 Å². The highest BCUT2D eigenvalue weighted by Crippen LogP contribution is 2.18. The van der Waals surface area contributed by atoms with E-state index in [-0.39, 0.29) is 11.1 Å². The lowest BCUT2D eigenvalue weighted by molar-refractivity contribution is -0.123. The number of hydrogen-bond acceptors (Lipinski definition) is 6. The van der Waals surface area contributed by atoms with E-state index in [1.54, 1.807) is 36.4 Å². The summed E-state index contributed by atoms with van der Waals surface area (Å²) in [5.74, 6) is -1.45. The predicted molar refractivity (Wildman–Crippen MR) is 88.7 cm³/mol. The molecule has 0 saturated carbocycles. The van der Waals surface area contributed by atoms with E-state index in [1.807, 2.05) is 0 Å². The average Bonchev–Trinajstić information content (AvgIpc) is 2.65. The Morgan fingerprint density at radius 3 is 1.96 bits per heavy atom. The van der Waals surface area contributed by atoms with E-state index in [1.165, 1.54) is 26.4 Å². The molecule has 2 amide bonds. The molecule has 0 radical (unpaired) electrons. The molecule has 7 heteroatoms. The molecule has 7 nitrogen and oxygen atoms in total.